The first kappa shape index (κ1) is 26.4. The molecule has 0 heterocycles. The van der Waals surface area contributed by atoms with Crippen molar-refractivity contribution in [3.63, 3.8) is 0 Å². The summed E-state index contributed by atoms with van der Waals surface area (Å²) in [6, 6.07) is 12.9. The number of hydrogen-bond acceptors (Lipinski definition) is 4. The molecule has 0 aliphatic heterocycles. The summed E-state index contributed by atoms with van der Waals surface area (Å²) in [7, 11) is 0. The van der Waals surface area contributed by atoms with Crippen LogP contribution in [0.15, 0.2) is 36.4 Å². The molecular formula is C28H42O4. The average molecular weight is 443 g/mol. The van der Waals surface area contributed by atoms with E-state index in [1.54, 1.807) is 0 Å². The number of hydrogen-bond donors (Lipinski definition) is 3. The monoisotopic (exact) mass is 442 g/mol. The topological polar surface area (TPSA) is 69.9 Å². The van der Waals surface area contributed by atoms with Crippen LogP contribution in [0.1, 0.15) is 75.3 Å². The zero-order chi connectivity index (χ0) is 24.1. The smallest absolute Gasteiger partial charge is 0.122 e. The number of aryl methyl sites for hydroxylation is 2. The van der Waals surface area contributed by atoms with Crippen LogP contribution in [0, 0.1) is 19.3 Å². The van der Waals surface area contributed by atoms with Crippen LogP contribution in [-0.4, -0.2) is 40.7 Å². The van der Waals surface area contributed by atoms with Gasteiger partial charge in [-0.25, -0.2) is 0 Å². The molecule has 0 amide bonds. The first-order valence-corrected chi connectivity index (χ1v) is 11.8. The summed E-state index contributed by atoms with van der Waals surface area (Å²) in [5.74, 6) is 0.808. The quantitative estimate of drug-likeness (QED) is 0.479. The highest BCUT2D eigenvalue weighted by Crippen LogP contribution is 2.41. The molecule has 2 aromatic carbocycles. The van der Waals surface area contributed by atoms with Crippen molar-refractivity contribution in [2.75, 3.05) is 13.2 Å². The van der Waals surface area contributed by atoms with Gasteiger partial charge in [0.1, 0.15) is 12.4 Å². The number of aliphatic hydroxyl groups is 3. The number of rotatable bonds is 10. The van der Waals surface area contributed by atoms with Gasteiger partial charge in [0.25, 0.3) is 0 Å². The van der Waals surface area contributed by atoms with Gasteiger partial charge in [-0.15, -0.1) is 0 Å². The molecule has 0 aromatic heterocycles. The van der Waals surface area contributed by atoms with Gasteiger partial charge in [-0.3, -0.25) is 0 Å². The fourth-order valence-corrected chi connectivity index (χ4v) is 4.30. The van der Waals surface area contributed by atoms with Gasteiger partial charge in [0.15, 0.2) is 0 Å². The minimum absolute atomic E-state index is 0.118. The normalized spacial score (nSPS) is 14.3. The molecule has 2 aromatic rings. The van der Waals surface area contributed by atoms with Gasteiger partial charge >= 0.3 is 0 Å². The Morgan fingerprint density at radius 1 is 0.875 bits per heavy atom. The highest BCUT2D eigenvalue weighted by molar-refractivity contribution is 5.47. The molecule has 0 radical (unpaired) electrons. The van der Waals surface area contributed by atoms with Gasteiger partial charge in [-0.2, -0.15) is 0 Å². The molecule has 0 fully saturated rings. The standard InChI is InChI=1S/C28H42O4/c1-8-28(9-2,22-11-10-21(19(3)14-22)16-24(30)17-29)23-12-13-25(20(4)15-23)32-18-26(31)27(5,6)7/h10-15,24,26,29-31H,8-9,16-18H2,1-7H3/t24-,26-/m0/s1. The van der Waals surface area contributed by atoms with Crippen molar-refractivity contribution in [3.8, 4) is 5.75 Å². The van der Waals surface area contributed by atoms with Crippen LogP contribution >= 0.6 is 0 Å². The average Bonchev–Trinajstić information content (AvgIpc) is 2.75. The molecular weight excluding hydrogens is 400 g/mol. The fraction of sp³-hybridized carbons (Fsp3) is 0.571. The Balaban J connectivity index is 2.35. The maximum atomic E-state index is 10.3. The number of benzene rings is 2. The SMILES string of the molecule is CCC(CC)(c1ccc(C[C@H](O)CO)c(C)c1)c1ccc(OC[C@H](O)C(C)(C)C)c(C)c1. The van der Waals surface area contributed by atoms with E-state index in [1.807, 2.05) is 26.8 Å². The van der Waals surface area contributed by atoms with E-state index in [0.717, 1.165) is 35.3 Å². The molecule has 2 atom stereocenters. The van der Waals surface area contributed by atoms with E-state index in [0.29, 0.717) is 6.42 Å². The molecule has 0 saturated heterocycles. The predicted molar refractivity (Wildman–Crippen MR) is 131 cm³/mol. The van der Waals surface area contributed by atoms with Crippen LogP contribution < -0.4 is 4.74 Å². The molecule has 32 heavy (non-hydrogen) atoms. The third kappa shape index (κ3) is 5.92. The Morgan fingerprint density at radius 2 is 1.44 bits per heavy atom. The predicted octanol–water partition coefficient (Wildman–Crippen LogP) is 5.09. The van der Waals surface area contributed by atoms with Crippen LogP contribution in [0.4, 0.5) is 0 Å². The first-order chi connectivity index (χ1) is 15.0. The lowest BCUT2D eigenvalue weighted by Crippen LogP contribution is -2.32. The Morgan fingerprint density at radius 3 is 1.91 bits per heavy atom. The Kier molecular flexibility index (Phi) is 8.92. The van der Waals surface area contributed by atoms with E-state index < -0.39 is 12.2 Å². The second kappa shape index (κ2) is 10.8. The minimum atomic E-state index is -0.728. The number of ether oxygens (including phenoxy) is 1. The van der Waals surface area contributed by atoms with Crippen molar-refractivity contribution in [1.29, 1.82) is 0 Å². The molecule has 4 nitrogen and oxygen atoms in total. The Hall–Kier alpha value is -1.88. The molecule has 0 spiro atoms. The van der Waals surface area contributed by atoms with Crippen LogP contribution in [-0.2, 0) is 11.8 Å². The fourth-order valence-electron chi connectivity index (χ4n) is 4.30. The van der Waals surface area contributed by atoms with Crippen molar-refractivity contribution in [2.24, 2.45) is 5.41 Å². The van der Waals surface area contributed by atoms with Crippen LogP contribution in [0.25, 0.3) is 0 Å². The van der Waals surface area contributed by atoms with Crippen LogP contribution in [0.2, 0.25) is 0 Å². The molecule has 4 heteroatoms. The van der Waals surface area contributed by atoms with Gasteiger partial charge in [-0.05, 0) is 66.0 Å². The van der Waals surface area contributed by atoms with Crippen molar-refractivity contribution in [3.05, 3.63) is 64.2 Å². The summed E-state index contributed by atoms with van der Waals surface area (Å²) >= 11 is 0. The summed E-state index contributed by atoms with van der Waals surface area (Å²) in [5.41, 5.74) is 5.44. The summed E-state index contributed by atoms with van der Waals surface area (Å²) in [6.07, 6.45) is 1.12. The van der Waals surface area contributed by atoms with Crippen molar-refractivity contribution in [2.45, 2.75) is 85.4 Å². The van der Waals surface area contributed by atoms with Gasteiger partial charge in [0.05, 0.1) is 18.8 Å². The molecule has 2 rings (SSSR count). The van der Waals surface area contributed by atoms with Gasteiger partial charge in [-0.1, -0.05) is 65.0 Å². The maximum Gasteiger partial charge on any atom is 0.122 e. The Bertz CT molecular complexity index is 877. The van der Waals surface area contributed by atoms with Crippen LogP contribution in [0.3, 0.4) is 0 Å². The molecule has 0 aliphatic rings. The zero-order valence-corrected chi connectivity index (χ0v) is 20.9. The molecule has 0 aliphatic carbocycles. The van der Waals surface area contributed by atoms with Gasteiger partial charge in [0.2, 0.25) is 0 Å². The van der Waals surface area contributed by atoms with Gasteiger partial charge < -0.3 is 20.1 Å². The number of aliphatic hydroxyl groups excluding tert-OH is 3. The molecule has 0 bridgehead atoms. The molecule has 178 valence electrons. The van der Waals surface area contributed by atoms with Gasteiger partial charge in [0, 0.05) is 11.8 Å². The van der Waals surface area contributed by atoms with E-state index in [-0.39, 0.29) is 24.0 Å². The van der Waals surface area contributed by atoms with E-state index in [2.05, 4.69) is 58.0 Å². The van der Waals surface area contributed by atoms with E-state index in [9.17, 15) is 15.3 Å². The Labute approximate surface area is 194 Å². The summed E-state index contributed by atoms with van der Waals surface area (Å²) in [5, 5.41) is 29.3. The first-order valence-electron chi connectivity index (χ1n) is 11.8. The summed E-state index contributed by atoms with van der Waals surface area (Å²) < 4.78 is 5.95. The second-order valence-electron chi connectivity index (χ2n) is 10.1. The summed E-state index contributed by atoms with van der Waals surface area (Å²) in [6.45, 7) is 14.6. The van der Waals surface area contributed by atoms with E-state index in [4.69, 9.17) is 4.74 Å². The summed E-state index contributed by atoms with van der Waals surface area (Å²) in [4.78, 5) is 0. The molecule has 0 saturated carbocycles. The van der Waals surface area contributed by atoms with Crippen molar-refractivity contribution < 1.29 is 20.1 Å². The third-order valence-corrected chi connectivity index (χ3v) is 6.89. The van der Waals surface area contributed by atoms with E-state index in [1.165, 1.54) is 11.1 Å². The highest BCUT2D eigenvalue weighted by atomic mass is 16.5. The van der Waals surface area contributed by atoms with E-state index >= 15 is 0 Å². The lowest BCUT2D eigenvalue weighted by Gasteiger charge is -2.34. The van der Waals surface area contributed by atoms with Crippen LogP contribution in [0.5, 0.6) is 5.75 Å². The van der Waals surface area contributed by atoms with Crippen molar-refractivity contribution >= 4 is 0 Å². The minimum Gasteiger partial charge on any atom is -0.491 e. The lowest BCUT2D eigenvalue weighted by atomic mass is 9.69. The molecule has 0 unspecified atom stereocenters. The van der Waals surface area contributed by atoms with Crippen molar-refractivity contribution in [1.82, 2.24) is 0 Å². The highest BCUT2D eigenvalue weighted by Gasteiger charge is 2.31. The third-order valence-electron chi connectivity index (χ3n) is 6.89. The largest absolute Gasteiger partial charge is 0.491 e. The lowest BCUT2D eigenvalue weighted by molar-refractivity contribution is 0.0216. The second-order valence-corrected chi connectivity index (χ2v) is 10.1. The zero-order valence-electron chi connectivity index (χ0n) is 20.9. The maximum absolute atomic E-state index is 10.3. The molecule has 3 N–H and O–H groups in total.